The summed E-state index contributed by atoms with van der Waals surface area (Å²) in [6, 6.07) is 13.2. The monoisotopic (exact) mass is 470 g/mol. The van der Waals surface area contributed by atoms with Gasteiger partial charge >= 0.3 is 0 Å². The third kappa shape index (κ3) is 4.81. The first-order chi connectivity index (χ1) is 15.5. The molecule has 1 aliphatic heterocycles. The summed E-state index contributed by atoms with van der Waals surface area (Å²) >= 11 is 7.58. The molecule has 2 fully saturated rings. The molecule has 2 aromatic carbocycles. The molecule has 7 heteroatoms. The topological polar surface area (TPSA) is 62.1 Å². The highest BCUT2D eigenvalue weighted by molar-refractivity contribution is 8.18. The van der Waals surface area contributed by atoms with Gasteiger partial charge in [-0.05, 0) is 73.4 Å². The standard InChI is InChI=1S/C25H27ClN2O3S/c1-3-31-21-14-17(13-19(26)23(21)29)15-22-24(30)28(20-12-8-7-9-16(20)2)25(32-22)27-18-10-5-4-6-11-18/h4-6,10-11,13-16,20,29H,3,7-9,12H2,1-2H3/b22-15-,27-25?/t16-,20-/m0/s1. The molecule has 0 unspecified atom stereocenters. The van der Waals surface area contributed by atoms with Crippen LogP contribution in [0.3, 0.4) is 0 Å². The molecule has 0 aromatic heterocycles. The smallest absolute Gasteiger partial charge is 0.267 e. The number of aromatic hydroxyl groups is 1. The predicted molar refractivity (Wildman–Crippen MR) is 132 cm³/mol. The number of ether oxygens (including phenoxy) is 1. The fourth-order valence-electron chi connectivity index (χ4n) is 4.24. The van der Waals surface area contributed by atoms with Crippen LogP contribution in [0.2, 0.25) is 5.02 Å². The summed E-state index contributed by atoms with van der Waals surface area (Å²) in [4.78, 5) is 20.9. The van der Waals surface area contributed by atoms with Gasteiger partial charge in [0.2, 0.25) is 0 Å². The molecule has 2 aromatic rings. The van der Waals surface area contributed by atoms with E-state index in [1.807, 2.05) is 42.2 Å². The van der Waals surface area contributed by atoms with Gasteiger partial charge in [-0.2, -0.15) is 0 Å². The van der Waals surface area contributed by atoms with Crippen LogP contribution in [0, 0.1) is 5.92 Å². The quantitative estimate of drug-likeness (QED) is 0.498. The zero-order valence-electron chi connectivity index (χ0n) is 18.3. The van der Waals surface area contributed by atoms with E-state index < -0.39 is 0 Å². The molecule has 0 bridgehead atoms. The van der Waals surface area contributed by atoms with Crippen LogP contribution < -0.4 is 4.74 Å². The first-order valence-electron chi connectivity index (χ1n) is 11.0. The van der Waals surface area contributed by atoms with Crippen LogP contribution in [0.15, 0.2) is 52.4 Å². The molecule has 4 rings (SSSR count). The van der Waals surface area contributed by atoms with Gasteiger partial charge in [-0.3, -0.25) is 9.69 Å². The Labute approximate surface area is 198 Å². The molecule has 1 saturated carbocycles. The van der Waals surface area contributed by atoms with Crippen molar-refractivity contribution in [3.8, 4) is 11.5 Å². The number of amides is 1. The Balaban J connectivity index is 1.73. The van der Waals surface area contributed by atoms with E-state index in [0.717, 1.165) is 24.9 Å². The maximum absolute atomic E-state index is 13.6. The van der Waals surface area contributed by atoms with Crippen molar-refractivity contribution in [3.63, 3.8) is 0 Å². The lowest BCUT2D eigenvalue weighted by Crippen LogP contribution is -2.44. The average Bonchev–Trinajstić information content (AvgIpc) is 3.07. The van der Waals surface area contributed by atoms with Crippen molar-refractivity contribution in [2.45, 2.75) is 45.6 Å². The van der Waals surface area contributed by atoms with Gasteiger partial charge in [0.25, 0.3) is 5.91 Å². The molecule has 2 aliphatic rings. The third-order valence-electron chi connectivity index (χ3n) is 5.86. The summed E-state index contributed by atoms with van der Waals surface area (Å²) in [5.41, 5.74) is 1.52. The van der Waals surface area contributed by atoms with Gasteiger partial charge in [0.15, 0.2) is 16.7 Å². The largest absolute Gasteiger partial charge is 0.503 e. The number of rotatable bonds is 5. The number of thioether (sulfide) groups is 1. The number of aliphatic imine (C=N–C) groups is 1. The second kappa shape index (κ2) is 10.0. The van der Waals surface area contributed by atoms with E-state index in [0.29, 0.717) is 33.9 Å². The van der Waals surface area contributed by atoms with E-state index in [1.54, 1.807) is 18.2 Å². The maximum Gasteiger partial charge on any atom is 0.267 e. The highest BCUT2D eigenvalue weighted by atomic mass is 35.5. The summed E-state index contributed by atoms with van der Waals surface area (Å²) in [5.74, 6) is 0.593. The Bertz CT molecular complexity index is 1050. The van der Waals surface area contributed by atoms with E-state index in [-0.39, 0.29) is 22.7 Å². The van der Waals surface area contributed by atoms with E-state index >= 15 is 0 Å². The van der Waals surface area contributed by atoms with Crippen molar-refractivity contribution in [1.29, 1.82) is 0 Å². The van der Waals surface area contributed by atoms with Crippen LogP contribution in [-0.2, 0) is 4.79 Å². The van der Waals surface area contributed by atoms with Crippen LogP contribution in [0.25, 0.3) is 6.08 Å². The fraction of sp³-hybridized carbons (Fsp3) is 0.360. The molecule has 5 nitrogen and oxygen atoms in total. The van der Waals surface area contributed by atoms with Crippen molar-refractivity contribution >= 4 is 46.2 Å². The molecular weight excluding hydrogens is 444 g/mol. The van der Waals surface area contributed by atoms with E-state index in [9.17, 15) is 9.90 Å². The first-order valence-corrected chi connectivity index (χ1v) is 12.2. The zero-order chi connectivity index (χ0) is 22.7. The number of phenolic OH excluding ortho intramolecular Hbond substituents is 1. The minimum absolute atomic E-state index is 0.0365. The Hall–Kier alpha value is -2.44. The second-order valence-corrected chi connectivity index (χ2v) is 9.54. The van der Waals surface area contributed by atoms with Gasteiger partial charge in [0.1, 0.15) is 0 Å². The minimum Gasteiger partial charge on any atom is -0.503 e. The number of benzene rings is 2. The maximum atomic E-state index is 13.6. The molecule has 1 amide bonds. The highest BCUT2D eigenvalue weighted by Gasteiger charge is 2.41. The SMILES string of the molecule is CCOc1cc(/C=C2\SC(=Nc3ccccc3)N([C@H]3CCCC[C@@H]3C)C2=O)cc(Cl)c1O. The number of nitrogens with zero attached hydrogens (tertiary/aromatic N) is 2. The van der Waals surface area contributed by atoms with Crippen LogP contribution in [-0.4, -0.2) is 33.7 Å². The Morgan fingerprint density at radius 1 is 1.25 bits per heavy atom. The van der Waals surface area contributed by atoms with Gasteiger partial charge < -0.3 is 9.84 Å². The van der Waals surface area contributed by atoms with Crippen LogP contribution >= 0.6 is 23.4 Å². The number of para-hydroxylation sites is 1. The van der Waals surface area contributed by atoms with E-state index in [4.69, 9.17) is 21.3 Å². The van der Waals surface area contributed by atoms with Gasteiger partial charge in [0.05, 0.1) is 22.2 Å². The second-order valence-electron chi connectivity index (χ2n) is 8.13. The Morgan fingerprint density at radius 3 is 2.72 bits per heavy atom. The van der Waals surface area contributed by atoms with Crippen LogP contribution in [0.1, 0.15) is 45.1 Å². The van der Waals surface area contributed by atoms with Crippen molar-refractivity contribution in [3.05, 3.63) is 58.0 Å². The Morgan fingerprint density at radius 2 is 2.00 bits per heavy atom. The lowest BCUT2D eigenvalue weighted by Gasteiger charge is -2.35. The first kappa shape index (κ1) is 22.7. The normalized spacial score (nSPS) is 23.8. The van der Waals surface area contributed by atoms with Gasteiger partial charge in [0, 0.05) is 6.04 Å². The number of hydrogen-bond donors (Lipinski definition) is 1. The van der Waals surface area contributed by atoms with Gasteiger partial charge in [-0.25, -0.2) is 4.99 Å². The number of phenols is 1. The summed E-state index contributed by atoms with van der Waals surface area (Å²) in [5, 5.41) is 11.0. The van der Waals surface area contributed by atoms with Crippen LogP contribution in [0.4, 0.5) is 5.69 Å². The van der Waals surface area contributed by atoms with E-state index in [1.165, 1.54) is 18.2 Å². The van der Waals surface area contributed by atoms with Gasteiger partial charge in [-0.1, -0.05) is 49.6 Å². The summed E-state index contributed by atoms with van der Waals surface area (Å²) in [6.45, 7) is 4.46. The molecule has 2 atom stereocenters. The van der Waals surface area contributed by atoms with E-state index in [2.05, 4.69) is 6.92 Å². The molecule has 168 valence electrons. The molecule has 0 radical (unpaired) electrons. The number of amidine groups is 1. The summed E-state index contributed by atoms with van der Waals surface area (Å²) < 4.78 is 5.49. The fourth-order valence-corrected chi connectivity index (χ4v) is 5.51. The molecule has 1 saturated heterocycles. The summed E-state index contributed by atoms with van der Waals surface area (Å²) in [6.07, 6.45) is 6.21. The molecule has 1 heterocycles. The molecule has 0 spiro atoms. The number of carbonyl (C=O) groups is 1. The lowest BCUT2D eigenvalue weighted by molar-refractivity contribution is -0.124. The number of carbonyl (C=O) groups excluding carboxylic acids is 1. The van der Waals surface area contributed by atoms with Crippen molar-refractivity contribution in [2.24, 2.45) is 10.9 Å². The average molecular weight is 471 g/mol. The number of hydrogen-bond acceptors (Lipinski definition) is 5. The predicted octanol–water partition coefficient (Wildman–Crippen LogP) is 6.63. The lowest BCUT2D eigenvalue weighted by atomic mass is 9.85. The third-order valence-corrected chi connectivity index (χ3v) is 7.14. The molecule has 1 N–H and O–H groups in total. The highest BCUT2D eigenvalue weighted by Crippen LogP contribution is 2.41. The van der Waals surface area contributed by atoms with Crippen molar-refractivity contribution in [2.75, 3.05) is 6.61 Å². The van der Waals surface area contributed by atoms with Crippen molar-refractivity contribution < 1.29 is 14.6 Å². The Kier molecular flexibility index (Phi) is 7.11. The number of halogens is 1. The minimum atomic E-state index is -0.0925. The van der Waals surface area contributed by atoms with Crippen molar-refractivity contribution in [1.82, 2.24) is 4.90 Å². The zero-order valence-corrected chi connectivity index (χ0v) is 19.8. The van der Waals surface area contributed by atoms with Crippen LogP contribution in [0.5, 0.6) is 11.5 Å². The molecular formula is C25H27ClN2O3S. The molecule has 1 aliphatic carbocycles. The molecule has 32 heavy (non-hydrogen) atoms. The summed E-state index contributed by atoms with van der Waals surface area (Å²) in [7, 11) is 0. The van der Waals surface area contributed by atoms with Gasteiger partial charge in [-0.15, -0.1) is 0 Å².